The first-order chi connectivity index (χ1) is 13.7. The Balaban J connectivity index is 1.99. The number of carbonyl (C=O) groups excluding carboxylic acids is 1. The Bertz CT molecular complexity index is 1180. The fraction of sp³-hybridized carbons (Fsp3) is 0.158. The summed E-state index contributed by atoms with van der Waals surface area (Å²) in [5.41, 5.74) is 0.355. The number of carbonyl (C=O) groups is 2. The molecule has 152 valence electrons. The molecule has 0 radical (unpaired) electrons. The lowest BCUT2D eigenvalue weighted by molar-refractivity contribution is -0.137. The number of nitrogens with zero attached hydrogens (tertiary/aromatic N) is 1. The Hall–Kier alpha value is -3.53. The number of hydrogen-bond acceptors (Lipinski definition) is 6. The van der Waals surface area contributed by atoms with Gasteiger partial charge in [0.05, 0.1) is 19.1 Å². The molecule has 0 aliphatic heterocycles. The standard InChI is InChI=1S/C19H18N2O7S/c1-27-13-3-6-15(7-4-13)29(25,26)20-19(24)17-10-12-9-14(28-2)5-8-16(12)21(17)11-18(22)23/h3-10H,11H2,1-2H3,(H,20,24)(H,22,23). The van der Waals surface area contributed by atoms with Gasteiger partial charge in [-0.05, 0) is 48.5 Å². The third-order valence-electron chi connectivity index (χ3n) is 4.23. The van der Waals surface area contributed by atoms with E-state index < -0.39 is 28.4 Å². The van der Waals surface area contributed by atoms with Crippen molar-refractivity contribution in [3.8, 4) is 11.5 Å². The first-order valence-electron chi connectivity index (χ1n) is 8.35. The van der Waals surface area contributed by atoms with Crippen molar-refractivity contribution in [2.24, 2.45) is 0 Å². The fourth-order valence-corrected chi connectivity index (χ4v) is 3.82. The summed E-state index contributed by atoms with van der Waals surface area (Å²) in [5.74, 6) is -1.14. The van der Waals surface area contributed by atoms with Crippen molar-refractivity contribution < 1.29 is 32.6 Å². The summed E-state index contributed by atoms with van der Waals surface area (Å²) in [6.45, 7) is -0.513. The molecule has 0 saturated heterocycles. The number of fused-ring (bicyclic) bond motifs is 1. The van der Waals surface area contributed by atoms with Crippen molar-refractivity contribution in [3.63, 3.8) is 0 Å². The molecule has 1 aromatic heterocycles. The average Bonchev–Trinajstić information content (AvgIpc) is 3.04. The maximum Gasteiger partial charge on any atom is 0.323 e. The number of sulfonamides is 1. The molecule has 9 nitrogen and oxygen atoms in total. The van der Waals surface area contributed by atoms with Crippen LogP contribution in [-0.2, 0) is 21.4 Å². The van der Waals surface area contributed by atoms with Crippen molar-refractivity contribution in [3.05, 3.63) is 54.2 Å². The van der Waals surface area contributed by atoms with Gasteiger partial charge < -0.3 is 19.1 Å². The average molecular weight is 418 g/mol. The normalized spacial score (nSPS) is 11.2. The number of carboxylic acid groups (broad SMARTS) is 1. The van der Waals surface area contributed by atoms with Crippen LogP contribution in [0.5, 0.6) is 11.5 Å². The molecule has 1 amide bonds. The second-order valence-corrected chi connectivity index (χ2v) is 7.73. The molecule has 10 heteroatoms. The Morgan fingerprint density at radius 2 is 1.62 bits per heavy atom. The van der Waals surface area contributed by atoms with Crippen LogP contribution in [0.25, 0.3) is 10.9 Å². The molecular formula is C19H18N2O7S. The van der Waals surface area contributed by atoms with Gasteiger partial charge in [0.15, 0.2) is 0 Å². The highest BCUT2D eigenvalue weighted by Crippen LogP contribution is 2.25. The Labute approximate surface area is 166 Å². The third-order valence-corrected chi connectivity index (χ3v) is 5.58. The number of aliphatic carboxylic acids is 1. The van der Waals surface area contributed by atoms with E-state index >= 15 is 0 Å². The van der Waals surface area contributed by atoms with Gasteiger partial charge in [-0.3, -0.25) is 9.59 Å². The zero-order valence-corrected chi connectivity index (χ0v) is 16.4. The molecule has 0 unspecified atom stereocenters. The fourth-order valence-electron chi connectivity index (χ4n) is 2.86. The Kier molecular flexibility index (Phi) is 5.46. The van der Waals surface area contributed by atoms with E-state index in [1.54, 1.807) is 18.2 Å². The van der Waals surface area contributed by atoms with Gasteiger partial charge in [0, 0.05) is 10.9 Å². The Morgan fingerprint density at radius 1 is 1.00 bits per heavy atom. The Morgan fingerprint density at radius 3 is 2.21 bits per heavy atom. The van der Waals surface area contributed by atoms with Crippen molar-refractivity contribution in [2.75, 3.05) is 14.2 Å². The van der Waals surface area contributed by atoms with E-state index in [-0.39, 0.29) is 10.6 Å². The van der Waals surface area contributed by atoms with Crippen LogP contribution >= 0.6 is 0 Å². The molecule has 3 aromatic rings. The predicted molar refractivity (Wildman–Crippen MR) is 104 cm³/mol. The number of aromatic nitrogens is 1. The summed E-state index contributed by atoms with van der Waals surface area (Å²) in [6.07, 6.45) is 0. The van der Waals surface area contributed by atoms with Gasteiger partial charge in [0.2, 0.25) is 0 Å². The molecule has 2 N–H and O–H groups in total. The number of rotatable bonds is 7. The number of carboxylic acids is 1. The second kappa shape index (κ2) is 7.84. The summed E-state index contributed by atoms with van der Waals surface area (Å²) in [7, 11) is -1.25. The van der Waals surface area contributed by atoms with Gasteiger partial charge in [0.25, 0.3) is 15.9 Å². The summed E-state index contributed by atoms with van der Waals surface area (Å²) in [5, 5.41) is 9.74. The first-order valence-corrected chi connectivity index (χ1v) is 9.84. The van der Waals surface area contributed by atoms with Gasteiger partial charge in [-0.15, -0.1) is 0 Å². The van der Waals surface area contributed by atoms with Crippen LogP contribution in [-0.4, -0.2) is 44.2 Å². The molecule has 0 fully saturated rings. The van der Waals surface area contributed by atoms with Crippen molar-refractivity contribution in [1.29, 1.82) is 0 Å². The SMILES string of the molecule is COc1ccc(S(=O)(=O)NC(=O)c2cc3cc(OC)ccc3n2CC(=O)O)cc1. The minimum Gasteiger partial charge on any atom is -0.497 e. The smallest absolute Gasteiger partial charge is 0.323 e. The quantitative estimate of drug-likeness (QED) is 0.600. The van der Waals surface area contributed by atoms with Crippen molar-refractivity contribution in [2.45, 2.75) is 11.4 Å². The number of benzene rings is 2. The zero-order valence-electron chi connectivity index (χ0n) is 15.6. The van der Waals surface area contributed by atoms with E-state index in [1.165, 1.54) is 49.1 Å². The molecule has 0 saturated carbocycles. The number of nitrogens with one attached hydrogen (secondary N) is 1. The number of amides is 1. The van der Waals surface area contributed by atoms with Gasteiger partial charge >= 0.3 is 5.97 Å². The van der Waals surface area contributed by atoms with E-state index in [4.69, 9.17) is 9.47 Å². The van der Waals surface area contributed by atoms with Crippen LogP contribution in [0, 0.1) is 0 Å². The highest BCUT2D eigenvalue weighted by molar-refractivity contribution is 7.90. The number of methoxy groups -OCH3 is 2. The lowest BCUT2D eigenvalue weighted by Gasteiger charge is -2.10. The maximum atomic E-state index is 12.7. The van der Waals surface area contributed by atoms with Gasteiger partial charge in [-0.1, -0.05) is 0 Å². The van der Waals surface area contributed by atoms with Gasteiger partial charge in [0.1, 0.15) is 23.7 Å². The summed E-state index contributed by atoms with van der Waals surface area (Å²) in [6, 6.07) is 11.8. The minimum absolute atomic E-state index is 0.104. The second-order valence-electron chi connectivity index (χ2n) is 6.04. The molecule has 0 spiro atoms. The van der Waals surface area contributed by atoms with Crippen molar-refractivity contribution >= 4 is 32.8 Å². The molecule has 0 aliphatic rings. The lowest BCUT2D eigenvalue weighted by Crippen LogP contribution is -2.32. The topological polar surface area (TPSA) is 124 Å². The van der Waals surface area contributed by atoms with E-state index in [2.05, 4.69) is 0 Å². The van der Waals surface area contributed by atoms with Crippen molar-refractivity contribution in [1.82, 2.24) is 9.29 Å². The first kappa shape index (κ1) is 20.2. The van der Waals surface area contributed by atoms with Gasteiger partial charge in [-0.25, -0.2) is 13.1 Å². The summed E-state index contributed by atoms with van der Waals surface area (Å²) >= 11 is 0. The van der Waals surface area contributed by atoms with Gasteiger partial charge in [-0.2, -0.15) is 0 Å². The molecule has 3 rings (SSSR count). The minimum atomic E-state index is -4.17. The molecule has 29 heavy (non-hydrogen) atoms. The number of ether oxygens (including phenoxy) is 2. The molecule has 0 bridgehead atoms. The molecular weight excluding hydrogens is 400 g/mol. The third kappa shape index (κ3) is 4.16. The lowest BCUT2D eigenvalue weighted by atomic mass is 10.2. The zero-order chi connectivity index (χ0) is 21.2. The number of hydrogen-bond donors (Lipinski definition) is 2. The van der Waals surface area contributed by atoms with Crippen LogP contribution in [0.1, 0.15) is 10.5 Å². The highest BCUT2D eigenvalue weighted by atomic mass is 32.2. The molecule has 1 heterocycles. The van der Waals surface area contributed by atoms with Crippen LogP contribution < -0.4 is 14.2 Å². The highest BCUT2D eigenvalue weighted by Gasteiger charge is 2.23. The maximum absolute atomic E-state index is 12.7. The summed E-state index contributed by atoms with van der Waals surface area (Å²) < 4.78 is 38.4. The molecule has 0 aliphatic carbocycles. The van der Waals surface area contributed by atoms with E-state index in [1.807, 2.05) is 4.72 Å². The van der Waals surface area contributed by atoms with E-state index in [9.17, 15) is 23.1 Å². The molecule has 0 atom stereocenters. The van der Waals surface area contributed by atoms with Crippen LogP contribution in [0.4, 0.5) is 0 Å². The monoisotopic (exact) mass is 418 g/mol. The largest absolute Gasteiger partial charge is 0.497 e. The van der Waals surface area contributed by atoms with E-state index in [0.717, 1.165) is 0 Å². The summed E-state index contributed by atoms with van der Waals surface area (Å²) in [4.78, 5) is 23.9. The predicted octanol–water partition coefficient (Wildman–Crippen LogP) is 1.86. The van der Waals surface area contributed by atoms with Crippen LogP contribution in [0.3, 0.4) is 0 Å². The molecule has 2 aromatic carbocycles. The van der Waals surface area contributed by atoms with E-state index in [0.29, 0.717) is 22.4 Å². The van der Waals surface area contributed by atoms with Crippen LogP contribution in [0.2, 0.25) is 0 Å². The van der Waals surface area contributed by atoms with Crippen LogP contribution in [0.15, 0.2) is 53.4 Å².